The van der Waals surface area contributed by atoms with Crippen molar-refractivity contribution in [1.29, 1.82) is 0 Å². The number of fused-ring (bicyclic) bond motifs is 1. The van der Waals surface area contributed by atoms with Gasteiger partial charge in [-0.25, -0.2) is 4.98 Å². The third kappa shape index (κ3) is 4.81. The molecule has 0 atom stereocenters. The number of halogens is 1. The van der Waals surface area contributed by atoms with Crippen LogP contribution in [0, 0.1) is 5.92 Å². The van der Waals surface area contributed by atoms with E-state index in [0.717, 1.165) is 47.5 Å². The summed E-state index contributed by atoms with van der Waals surface area (Å²) in [7, 11) is 0. The zero-order valence-corrected chi connectivity index (χ0v) is 20.4. The highest BCUT2D eigenvalue weighted by atomic mass is 35.5. The molecule has 1 fully saturated rings. The van der Waals surface area contributed by atoms with Crippen LogP contribution in [0.15, 0.2) is 47.8 Å². The minimum Gasteiger partial charge on any atom is -0.482 e. The van der Waals surface area contributed by atoms with Gasteiger partial charge in [-0.2, -0.15) is 0 Å². The molecule has 0 spiro atoms. The normalized spacial score (nSPS) is 19.9. The number of carbonyl (C=O) groups is 2. The number of esters is 1. The van der Waals surface area contributed by atoms with Crippen LogP contribution in [0.4, 0.5) is 5.69 Å². The standard InChI is InChI=1S/C26H25ClN2O4S/c1-16-6-9-18(10-7-16)33-25(31)13-29-22-12-17(8-11-23(22)32-14-24(29)30)21-15-34-26(28-21)19-4-2-3-5-20(19)27/h2-5,8,11-12,15-16,18H,6-7,9-10,13-14H2,1H3. The lowest BCUT2D eigenvalue weighted by Gasteiger charge is -2.30. The first kappa shape index (κ1) is 22.9. The maximum Gasteiger partial charge on any atom is 0.326 e. The van der Waals surface area contributed by atoms with E-state index in [2.05, 4.69) is 6.92 Å². The maximum atomic E-state index is 12.7. The van der Waals surface area contributed by atoms with Crippen molar-refractivity contribution < 1.29 is 19.1 Å². The molecule has 2 aromatic carbocycles. The summed E-state index contributed by atoms with van der Waals surface area (Å²) < 4.78 is 11.3. The summed E-state index contributed by atoms with van der Waals surface area (Å²) in [5.41, 5.74) is 3.01. The minimum absolute atomic E-state index is 0.0658. The Bertz CT molecular complexity index is 1220. The van der Waals surface area contributed by atoms with E-state index in [1.807, 2.05) is 47.8 Å². The fourth-order valence-corrected chi connectivity index (χ4v) is 5.55. The Balaban J connectivity index is 1.36. The van der Waals surface area contributed by atoms with Crippen LogP contribution in [0.3, 0.4) is 0 Å². The predicted molar refractivity (Wildman–Crippen MR) is 133 cm³/mol. The van der Waals surface area contributed by atoms with Crippen molar-refractivity contribution in [2.24, 2.45) is 5.92 Å². The van der Waals surface area contributed by atoms with Gasteiger partial charge in [0.25, 0.3) is 5.91 Å². The monoisotopic (exact) mass is 496 g/mol. The Hall–Kier alpha value is -2.90. The molecule has 0 radical (unpaired) electrons. The van der Waals surface area contributed by atoms with E-state index >= 15 is 0 Å². The number of anilines is 1. The van der Waals surface area contributed by atoms with Gasteiger partial charge in [0.1, 0.15) is 23.4 Å². The molecule has 34 heavy (non-hydrogen) atoms. The molecule has 1 amide bonds. The van der Waals surface area contributed by atoms with Crippen LogP contribution >= 0.6 is 22.9 Å². The lowest BCUT2D eigenvalue weighted by molar-refractivity contribution is -0.150. The molecule has 8 heteroatoms. The number of carbonyl (C=O) groups excluding carboxylic acids is 2. The molecule has 2 aliphatic rings. The van der Waals surface area contributed by atoms with Crippen molar-refractivity contribution in [1.82, 2.24) is 4.98 Å². The molecular weight excluding hydrogens is 472 g/mol. The van der Waals surface area contributed by atoms with Gasteiger partial charge < -0.3 is 9.47 Å². The summed E-state index contributed by atoms with van der Waals surface area (Å²) in [6.07, 6.45) is 3.81. The number of aromatic nitrogens is 1. The summed E-state index contributed by atoms with van der Waals surface area (Å²) >= 11 is 7.83. The molecule has 5 rings (SSSR count). The fourth-order valence-electron chi connectivity index (χ4n) is 4.40. The highest BCUT2D eigenvalue weighted by Crippen LogP contribution is 2.38. The van der Waals surface area contributed by atoms with E-state index in [-0.39, 0.29) is 31.1 Å². The van der Waals surface area contributed by atoms with Crippen LogP contribution in [-0.4, -0.2) is 36.1 Å². The van der Waals surface area contributed by atoms with Gasteiger partial charge in [-0.3, -0.25) is 14.5 Å². The Labute approximate surface area is 207 Å². The Morgan fingerprint density at radius 3 is 2.79 bits per heavy atom. The molecule has 0 bridgehead atoms. The zero-order chi connectivity index (χ0) is 23.7. The van der Waals surface area contributed by atoms with Crippen LogP contribution in [0.25, 0.3) is 21.8 Å². The first-order valence-corrected chi connectivity index (χ1v) is 12.7. The minimum atomic E-state index is -0.388. The van der Waals surface area contributed by atoms with E-state index in [0.29, 0.717) is 22.4 Å². The summed E-state index contributed by atoms with van der Waals surface area (Å²) in [6, 6.07) is 13.1. The molecule has 0 N–H and O–H groups in total. The average Bonchev–Trinajstić information content (AvgIpc) is 3.32. The molecule has 1 aliphatic carbocycles. The molecule has 0 saturated heterocycles. The summed E-state index contributed by atoms with van der Waals surface area (Å²) in [5, 5.41) is 3.41. The highest BCUT2D eigenvalue weighted by Gasteiger charge is 2.30. The van der Waals surface area contributed by atoms with E-state index in [1.165, 1.54) is 16.2 Å². The molecule has 3 aromatic rings. The molecule has 1 aromatic heterocycles. The molecule has 2 heterocycles. The van der Waals surface area contributed by atoms with E-state index in [9.17, 15) is 9.59 Å². The Kier molecular flexibility index (Phi) is 6.57. The van der Waals surface area contributed by atoms with Crippen LogP contribution < -0.4 is 9.64 Å². The molecular formula is C26H25ClN2O4S. The van der Waals surface area contributed by atoms with Gasteiger partial charge in [0.2, 0.25) is 0 Å². The van der Waals surface area contributed by atoms with Gasteiger partial charge in [0.05, 0.1) is 16.4 Å². The van der Waals surface area contributed by atoms with Crippen molar-refractivity contribution in [3.63, 3.8) is 0 Å². The third-order valence-electron chi connectivity index (χ3n) is 6.35. The number of benzene rings is 2. The van der Waals surface area contributed by atoms with Crippen molar-refractivity contribution in [2.45, 2.75) is 38.7 Å². The highest BCUT2D eigenvalue weighted by molar-refractivity contribution is 7.13. The summed E-state index contributed by atoms with van der Waals surface area (Å²) in [5.74, 6) is 0.573. The first-order valence-electron chi connectivity index (χ1n) is 11.5. The second-order valence-corrected chi connectivity index (χ2v) is 10.1. The molecule has 176 valence electrons. The quantitative estimate of drug-likeness (QED) is 0.406. The van der Waals surface area contributed by atoms with Gasteiger partial charge in [-0.05, 0) is 55.9 Å². The van der Waals surface area contributed by atoms with Gasteiger partial charge in [-0.1, -0.05) is 36.7 Å². The van der Waals surface area contributed by atoms with Crippen LogP contribution in [0.1, 0.15) is 32.6 Å². The van der Waals surface area contributed by atoms with Crippen LogP contribution in [0.2, 0.25) is 5.02 Å². The topological polar surface area (TPSA) is 68.7 Å². The second kappa shape index (κ2) is 9.76. The number of hydrogen-bond donors (Lipinski definition) is 0. The van der Waals surface area contributed by atoms with Crippen molar-refractivity contribution in [3.05, 3.63) is 52.9 Å². The number of thiazole rings is 1. The largest absolute Gasteiger partial charge is 0.482 e. The van der Waals surface area contributed by atoms with E-state index in [4.69, 9.17) is 26.1 Å². The predicted octanol–water partition coefficient (Wildman–Crippen LogP) is 5.98. The molecule has 1 saturated carbocycles. The smallest absolute Gasteiger partial charge is 0.326 e. The number of ether oxygens (including phenoxy) is 2. The maximum absolute atomic E-state index is 12.7. The lowest BCUT2D eigenvalue weighted by atomic mass is 9.89. The molecule has 6 nitrogen and oxygen atoms in total. The molecule has 1 aliphatic heterocycles. The summed E-state index contributed by atoms with van der Waals surface area (Å²) in [4.78, 5) is 31.6. The summed E-state index contributed by atoms with van der Waals surface area (Å²) in [6.45, 7) is 1.99. The van der Waals surface area contributed by atoms with Gasteiger partial charge in [0.15, 0.2) is 6.61 Å². The number of amides is 1. The number of rotatable bonds is 5. The van der Waals surface area contributed by atoms with Gasteiger partial charge in [0, 0.05) is 16.5 Å². The van der Waals surface area contributed by atoms with Crippen LogP contribution in [0.5, 0.6) is 5.75 Å². The first-order chi connectivity index (χ1) is 16.5. The SMILES string of the molecule is CC1CCC(OC(=O)CN2C(=O)COc3ccc(-c4csc(-c5ccccc5Cl)n4)cc32)CC1. The number of hydrogen-bond acceptors (Lipinski definition) is 6. The van der Waals surface area contributed by atoms with E-state index < -0.39 is 0 Å². The third-order valence-corrected chi connectivity index (χ3v) is 7.56. The average molecular weight is 497 g/mol. The van der Waals surface area contributed by atoms with Gasteiger partial charge >= 0.3 is 5.97 Å². The molecule has 0 unspecified atom stereocenters. The van der Waals surface area contributed by atoms with Crippen molar-refractivity contribution >= 4 is 40.5 Å². The van der Waals surface area contributed by atoms with Crippen molar-refractivity contribution in [3.8, 4) is 27.6 Å². The Morgan fingerprint density at radius 1 is 1.21 bits per heavy atom. The van der Waals surface area contributed by atoms with Gasteiger partial charge in [-0.15, -0.1) is 11.3 Å². The van der Waals surface area contributed by atoms with Crippen molar-refractivity contribution in [2.75, 3.05) is 18.1 Å². The van der Waals surface area contributed by atoms with Crippen LogP contribution in [-0.2, 0) is 14.3 Å². The van der Waals surface area contributed by atoms with E-state index in [1.54, 1.807) is 0 Å². The zero-order valence-electron chi connectivity index (χ0n) is 18.8. The fraction of sp³-hybridized carbons (Fsp3) is 0.346. The Morgan fingerprint density at radius 2 is 2.00 bits per heavy atom. The second-order valence-electron chi connectivity index (χ2n) is 8.84. The lowest BCUT2D eigenvalue weighted by Crippen LogP contribution is -2.43. The number of nitrogens with zero attached hydrogens (tertiary/aromatic N) is 2.